The summed E-state index contributed by atoms with van der Waals surface area (Å²) in [6.07, 6.45) is 79.9. The number of nitrogens with one attached hydrogen (secondary N) is 1. The van der Waals surface area contributed by atoms with Crippen molar-refractivity contribution in [2.24, 2.45) is 0 Å². The number of aliphatic hydroxyl groups is 1. The molecule has 0 radical (unpaired) electrons. The minimum Gasteiger partial charge on any atom is -0.756 e. The fraction of sp³-hybridized carbons (Fsp3) is 0.708. The molecule has 0 heterocycles. The van der Waals surface area contributed by atoms with Gasteiger partial charge in [0.1, 0.15) is 13.2 Å². The first kappa shape index (κ1) is 71.2. The summed E-state index contributed by atoms with van der Waals surface area (Å²) in [4.78, 5) is 25.5. The van der Waals surface area contributed by atoms with Crippen molar-refractivity contribution in [3.63, 3.8) is 0 Å². The fourth-order valence-electron chi connectivity index (χ4n) is 8.34. The third-order valence-corrected chi connectivity index (χ3v) is 14.0. The number of rotatable bonds is 54. The average molecular weight is 1050 g/mol. The summed E-state index contributed by atoms with van der Waals surface area (Å²) in [5.41, 5.74) is 0. The Bertz CT molecular complexity index is 1570. The van der Waals surface area contributed by atoms with Gasteiger partial charge in [-0.3, -0.25) is 9.36 Å². The fourth-order valence-corrected chi connectivity index (χ4v) is 9.06. The van der Waals surface area contributed by atoms with Crippen molar-refractivity contribution in [3.8, 4) is 0 Å². The van der Waals surface area contributed by atoms with E-state index >= 15 is 0 Å². The van der Waals surface area contributed by atoms with Gasteiger partial charge in [-0.05, 0) is 77.0 Å². The number of phosphoric acid groups is 1. The van der Waals surface area contributed by atoms with E-state index in [0.717, 1.165) is 83.5 Å². The highest BCUT2D eigenvalue weighted by molar-refractivity contribution is 7.45. The van der Waals surface area contributed by atoms with Crippen LogP contribution in [0.4, 0.5) is 0 Å². The molecule has 0 saturated heterocycles. The second-order valence-electron chi connectivity index (χ2n) is 21.3. The Morgan fingerprint density at radius 3 is 1.15 bits per heavy atom. The smallest absolute Gasteiger partial charge is 0.268 e. The molecule has 3 unspecified atom stereocenters. The Morgan fingerprint density at radius 2 is 0.811 bits per heavy atom. The predicted molar refractivity (Wildman–Crippen MR) is 320 cm³/mol. The van der Waals surface area contributed by atoms with Gasteiger partial charge in [0.25, 0.3) is 7.82 Å². The minimum absolute atomic E-state index is 0.00451. The predicted octanol–water partition coefficient (Wildman–Crippen LogP) is 18.1. The van der Waals surface area contributed by atoms with Crippen LogP contribution in [0.1, 0.15) is 245 Å². The highest BCUT2D eigenvalue weighted by atomic mass is 31.2. The Morgan fingerprint density at radius 1 is 0.486 bits per heavy atom. The van der Waals surface area contributed by atoms with Gasteiger partial charge >= 0.3 is 0 Å². The summed E-state index contributed by atoms with van der Waals surface area (Å²) in [6, 6.07) is -0.841. The molecule has 0 aliphatic heterocycles. The monoisotopic (exact) mass is 1050 g/mol. The SMILES string of the molecule is CC/C=C\C/C=C\C/C=C\C/C=C\C/C=C\C/C=C\C/C=C\C/C=C\C/C=C\CCCC(=O)NC(COP(=O)([O-])OCC[N+](C)(C)C)C(O)CCCCCCCCCCCCCCCCCCCCCCCCC. The number of hydrogen-bond acceptors (Lipinski definition) is 6. The maximum absolute atomic E-state index is 13.0. The number of hydrogen-bond donors (Lipinski definition) is 2. The van der Waals surface area contributed by atoms with Crippen LogP contribution in [-0.2, 0) is 18.4 Å². The standard InChI is InChI=1S/C65H115N2O6P/c1-6-8-10-12-14-16-18-20-22-24-26-28-30-31-32-33-34-35-37-39-41-43-45-47-49-51-53-55-57-59-65(69)66-63(62-73-74(70,71)72-61-60-67(3,4)5)64(68)58-56-54-52-50-48-46-44-42-40-38-36-29-27-25-23-21-19-17-15-13-11-9-7-2/h8,10,14,16,20,22,26,28,31-32,34-35,39,41,45,47,51,53,63-64,68H,6-7,9,11-13,15,17-19,21,23-25,27,29-30,33,36-38,40,42-44,46,48-50,52,54-62H2,1-5H3,(H-,66,69,70,71)/b10-8-,16-14-,22-20-,28-26-,32-31-,35-34-,41-39-,47-45-,53-51-. The Kier molecular flexibility index (Phi) is 52.8. The summed E-state index contributed by atoms with van der Waals surface area (Å²) < 4.78 is 23.4. The van der Waals surface area contributed by atoms with E-state index in [9.17, 15) is 19.4 Å². The van der Waals surface area contributed by atoms with E-state index < -0.39 is 20.0 Å². The van der Waals surface area contributed by atoms with Crippen LogP contribution >= 0.6 is 7.82 Å². The van der Waals surface area contributed by atoms with Crippen molar-refractivity contribution in [3.05, 3.63) is 109 Å². The number of carbonyl (C=O) groups is 1. The number of allylic oxidation sites excluding steroid dienone is 18. The molecule has 0 aliphatic rings. The molecule has 3 atom stereocenters. The lowest BCUT2D eigenvalue weighted by molar-refractivity contribution is -0.870. The molecule has 9 heteroatoms. The Balaban J connectivity index is 4.30. The lowest BCUT2D eigenvalue weighted by Crippen LogP contribution is -2.46. The van der Waals surface area contributed by atoms with E-state index in [2.05, 4.69) is 129 Å². The second kappa shape index (κ2) is 54.9. The molecular weight excluding hydrogens is 936 g/mol. The van der Waals surface area contributed by atoms with Gasteiger partial charge in [-0.2, -0.15) is 0 Å². The number of aliphatic hydroxyl groups excluding tert-OH is 1. The van der Waals surface area contributed by atoms with Crippen LogP contribution in [0.15, 0.2) is 109 Å². The molecule has 0 spiro atoms. The van der Waals surface area contributed by atoms with E-state index in [1.807, 2.05) is 21.1 Å². The van der Waals surface area contributed by atoms with Crippen LogP contribution in [0.25, 0.3) is 0 Å². The van der Waals surface area contributed by atoms with Crippen LogP contribution in [0.3, 0.4) is 0 Å². The van der Waals surface area contributed by atoms with Gasteiger partial charge < -0.3 is 28.8 Å². The first-order valence-electron chi connectivity index (χ1n) is 30.2. The number of amides is 1. The van der Waals surface area contributed by atoms with Crippen molar-refractivity contribution in [1.29, 1.82) is 0 Å². The third kappa shape index (κ3) is 56.9. The average Bonchev–Trinajstić information content (AvgIpc) is 3.36. The first-order valence-corrected chi connectivity index (χ1v) is 31.7. The molecule has 8 nitrogen and oxygen atoms in total. The molecule has 0 rings (SSSR count). The second-order valence-corrected chi connectivity index (χ2v) is 22.7. The first-order chi connectivity index (χ1) is 36.0. The van der Waals surface area contributed by atoms with Crippen LogP contribution in [0, 0.1) is 0 Å². The van der Waals surface area contributed by atoms with Crippen molar-refractivity contribution < 1.29 is 32.9 Å². The molecule has 0 aromatic rings. The lowest BCUT2D eigenvalue weighted by atomic mass is 10.0. The molecule has 0 aromatic carbocycles. The number of carbonyl (C=O) groups excluding carboxylic acids is 1. The Hall–Kier alpha value is -2.84. The minimum atomic E-state index is -4.60. The number of likely N-dealkylation sites (N-methyl/N-ethyl adjacent to an activating group) is 1. The number of phosphoric ester groups is 1. The van der Waals surface area contributed by atoms with Crippen LogP contribution in [0.5, 0.6) is 0 Å². The van der Waals surface area contributed by atoms with E-state index in [4.69, 9.17) is 9.05 Å². The zero-order valence-electron chi connectivity index (χ0n) is 48.5. The number of unbranched alkanes of at least 4 members (excludes halogenated alkanes) is 23. The highest BCUT2D eigenvalue weighted by Crippen LogP contribution is 2.38. The number of quaternary nitrogens is 1. The van der Waals surface area contributed by atoms with Gasteiger partial charge in [-0.1, -0.05) is 271 Å². The van der Waals surface area contributed by atoms with Gasteiger partial charge in [-0.25, -0.2) is 0 Å². The van der Waals surface area contributed by atoms with E-state index in [0.29, 0.717) is 23.9 Å². The van der Waals surface area contributed by atoms with Gasteiger partial charge in [0, 0.05) is 6.42 Å². The third-order valence-electron chi connectivity index (χ3n) is 13.0. The van der Waals surface area contributed by atoms with E-state index in [1.54, 1.807) is 0 Å². The molecule has 0 aliphatic carbocycles. The van der Waals surface area contributed by atoms with Crippen molar-refractivity contribution in [1.82, 2.24) is 5.32 Å². The van der Waals surface area contributed by atoms with Crippen LogP contribution in [0.2, 0.25) is 0 Å². The topological polar surface area (TPSA) is 108 Å². The molecule has 0 aromatic heterocycles. The zero-order valence-corrected chi connectivity index (χ0v) is 49.4. The normalized spacial score (nSPS) is 14.6. The maximum atomic E-state index is 13.0. The number of nitrogens with zero attached hydrogens (tertiary/aromatic N) is 1. The Labute approximate surface area is 457 Å². The maximum Gasteiger partial charge on any atom is 0.268 e. The van der Waals surface area contributed by atoms with E-state index in [1.165, 1.54) is 128 Å². The molecule has 2 N–H and O–H groups in total. The van der Waals surface area contributed by atoms with E-state index in [-0.39, 0.29) is 25.5 Å². The molecule has 0 saturated carbocycles. The van der Waals surface area contributed by atoms with Crippen molar-refractivity contribution in [2.45, 2.75) is 257 Å². The van der Waals surface area contributed by atoms with Gasteiger partial charge in [0.05, 0.1) is 39.9 Å². The molecule has 74 heavy (non-hydrogen) atoms. The summed E-state index contributed by atoms with van der Waals surface area (Å²) in [7, 11) is 1.26. The lowest BCUT2D eigenvalue weighted by Gasteiger charge is -2.30. The van der Waals surface area contributed by atoms with Crippen molar-refractivity contribution in [2.75, 3.05) is 40.9 Å². The quantitative estimate of drug-likeness (QED) is 0.0272. The van der Waals surface area contributed by atoms with Crippen LogP contribution in [-0.4, -0.2) is 68.5 Å². The molecule has 0 bridgehead atoms. The van der Waals surface area contributed by atoms with Gasteiger partial charge in [0.15, 0.2) is 0 Å². The van der Waals surface area contributed by atoms with Gasteiger partial charge in [0.2, 0.25) is 5.91 Å². The highest BCUT2D eigenvalue weighted by Gasteiger charge is 2.24. The van der Waals surface area contributed by atoms with Crippen molar-refractivity contribution >= 4 is 13.7 Å². The molecule has 1 amide bonds. The largest absolute Gasteiger partial charge is 0.756 e. The summed E-state index contributed by atoms with van der Waals surface area (Å²) in [6.45, 7) is 4.57. The van der Waals surface area contributed by atoms with Crippen LogP contribution < -0.4 is 10.2 Å². The van der Waals surface area contributed by atoms with Gasteiger partial charge in [-0.15, -0.1) is 0 Å². The molecule has 426 valence electrons. The summed E-state index contributed by atoms with van der Waals surface area (Å²) >= 11 is 0. The zero-order chi connectivity index (χ0) is 54.2. The summed E-state index contributed by atoms with van der Waals surface area (Å²) in [5, 5.41) is 14.0. The summed E-state index contributed by atoms with van der Waals surface area (Å²) in [5.74, 6) is -0.224. The molecule has 0 fully saturated rings. The molecular formula is C65H115N2O6P.